The van der Waals surface area contributed by atoms with Crippen molar-refractivity contribution in [2.45, 2.75) is 19.8 Å². The second kappa shape index (κ2) is 5.08. The molecule has 2 aromatic rings. The van der Waals surface area contributed by atoms with Crippen LogP contribution in [0, 0.1) is 0 Å². The third-order valence-corrected chi connectivity index (χ3v) is 2.82. The van der Waals surface area contributed by atoms with Gasteiger partial charge < -0.3 is 4.98 Å². The predicted molar refractivity (Wildman–Crippen MR) is 70.4 cm³/mol. The van der Waals surface area contributed by atoms with Gasteiger partial charge in [-0.1, -0.05) is 37.0 Å². The number of imidazole rings is 1. The molecule has 0 aromatic carbocycles. The summed E-state index contributed by atoms with van der Waals surface area (Å²) in [5, 5.41) is 0.364. The number of ketones is 1. The summed E-state index contributed by atoms with van der Waals surface area (Å²) in [4.78, 5) is 23.0. The Morgan fingerprint density at radius 3 is 2.33 bits per heavy atom. The van der Waals surface area contributed by atoms with E-state index >= 15 is 0 Å². The van der Waals surface area contributed by atoms with E-state index in [9.17, 15) is 4.79 Å². The summed E-state index contributed by atoms with van der Waals surface area (Å²) in [5.74, 6) is 0.276. The second-order valence-corrected chi connectivity index (χ2v) is 4.93. The minimum Gasteiger partial charge on any atom is -0.342 e. The number of carbonyl (C=O) groups is 1. The molecular weight excluding hydrogens is 273 g/mol. The average Bonchev–Trinajstić information content (AvgIpc) is 2.75. The molecule has 0 bridgehead atoms. The number of hydrogen-bond acceptors (Lipinski definition) is 3. The molecule has 0 fully saturated rings. The number of nitrogens with zero attached hydrogens (tertiary/aromatic N) is 2. The van der Waals surface area contributed by atoms with Crippen LogP contribution in [-0.4, -0.2) is 20.7 Å². The fourth-order valence-corrected chi connectivity index (χ4v) is 1.94. The Bertz CT molecular complexity index is 573. The zero-order valence-corrected chi connectivity index (χ0v) is 11.4. The largest absolute Gasteiger partial charge is 0.342 e. The average molecular weight is 284 g/mol. The molecule has 18 heavy (non-hydrogen) atoms. The van der Waals surface area contributed by atoms with Gasteiger partial charge in [0.05, 0.1) is 5.69 Å². The molecule has 1 N–H and O–H groups in total. The number of nitrogens with one attached hydrogen (secondary N) is 1. The number of halogens is 2. The molecule has 6 heteroatoms. The lowest BCUT2D eigenvalue weighted by atomic mass is 10.1. The zero-order chi connectivity index (χ0) is 13.3. The molecular formula is C12H11Cl2N3O. The van der Waals surface area contributed by atoms with Crippen molar-refractivity contribution in [3.8, 4) is 0 Å². The van der Waals surface area contributed by atoms with Gasteiger partial charge in [-0.3, -0.25) is 4.79 Å². The van der Waals surface area contributed by atoms with Gasteiger partial charge in [0.15, 0.2) is 5.82 Å². The van der Waals surface area contributed by atoms with Crippen molar-refractivity contribution in [2.75, 3.05) is 0 Å². The fraction of sp³-hybridized carbons (Fsp3) is 0.250. The van der Waals surface area contributed by atoms with E-state index in [4.69, 9.17) is 23.2 Å². The van der Waals surface area contributed by atoms with Gasteiger partial charge >= 0.3 is 0 Å². The highest BCUT2D eigenvalue weighted by Gasteiger charge is 2.15. The molecule has 0 saturated carbocycles. The molecule has 0 atom stereocenters. The molecule has 2 aromatic heterocycles. The van der Waals surface area contributed by atoms with Crippen molar-refractivity contribution in [3.05, 3.63) is 45.7 Å². The Hall–Kier alpha value is -1.39. The van der Waals surface area contributed by atoms with Crippen LogP contribution < -0.4 is 0 Å². The van der Waals surface area contributed by atoms with Crippen LogP contribution in [0.4, 0.5) is 0 Å². The van der Waals surface area contributed by atoms with E-state index in [1.807, 2.05) is 13.8 Å². The van der Waals surface area contributed by atoms with E-state index in [-0.39, 0.29) is 27.8 Å². The quantitative estimate of drug-likeness (QED) is 0.693. The lowest BCUT2D eigenvalue weighted by molar-refractivity contribution is 0.103. The van der Waals surface area contributed by atoms with Gasteiger partial charge in [-0.2, -0.15) is 0 Å². The summed E-state index contributed by atoms with van der Waals surface area (Å²) >= 11 is 11.5. The Morgan fingerprint density at radius 2 is 1.83 bits per heavy atom. The van der Waals surface area contributed by atoms with Gasteiger partial charge in [0.25, 0.3) is 0 Å². The van der Waals surface area contributed by atoms with Crippen LogP contribution in [-0.2, 0) is 0 Å². The lowest BCUT2D eigenvalue weighted by Crippen LogP contribution is -2.04. The normalized spacial score (nSPS) is 10.9. The first-order valence-corrected chi connectivity index (χ1v) is 6.16. The Morgan fingerprint density at radius 1 is 1.22 bits per heavy atom. The van der Waals surface area contributed by atoms with E-state index in [0.29, 0.717) is 5.56 Å². The fourth-order valence-electron chi connectivity index (χ4n) is 1.48. The number of rotatable bonds is 3. The van der Waals surface area contributed by atoms with Crippen LogP contribution in [0.15, 0.2) is 18.3 Å². The standard InChI is InChI=1S/C12H11Cl2N3O/c1-6(2)8-5-15-12(16-8)11(18)7-3-9(13)17-10(14)4-7/h3-6H,1-2H3,(H,15,16). The van der Waals surface area contributed by atoms with Crippen molar-refractivity contribution >= 4 is 29.0 Å². The number of carbonyl (C=O) groups excluding carboxylic acids is 1. The third-order valence-electron chi connectivity index (χ3n) is 2.43. The molecule has 0 radical (unpaired) electrons. The molecule has 0 saturated heterocycles. The van der Waals surface area contributed by atoms with Crippen LogP contribution in [0.3, 0.4) is 0 Å². The van der Waals surface area contributed by atoms with Gasteiger partial charge in [0.2, 0.25) is 5.78 Å². The second-order valence-electron chi connectivity index (χ2n) is 4.16. The van der Waals surface area contributed by atoms with Gasteiger partial charge in [0, 0.05) is 11.8 Å². The van der Waals surface area contributed by atoms with Crippen LogP contribution in [0.2, 0.25) is 10.3 Å². The van der Waals surface area contributed by atoms with Crippen molar-refractivity contribution in [1.29, 1.82) is 0 Å². The maximum Gasteiger partial charge on any atom is 0.228 e. The smallest absolute Gasteiger partial charge is 0.228 e. The summed E-state index contributed by atoms with van der Waals surface area (Å²) in [6.45, 7) is 4.01. The number of aromatic nitrogens is 3. The van der Waals surface area contributed by atoms with Gasteiger partial charge in [-0.15, -0.1) is 0 Å². The molecule has 0 spiro atoms. The van der Waals surface area contributed by atoms with Crippen LogP contribution in [0.25, 0.3) is 0 Å². The summed E-state index contributed by atoms with van der Waals surface area (Å²) in [6.07, 6.45) is 1.72. The first-order chi connectivity index (χ1) is 8.47. The summed E-state index contributed by atoms with van der Waals surface area (Å²) in [6, 6.07) is 2.93. The summed E-state index contributed by atoms with van der Waals surface area (Å²) in [5.41, 5.74) is 1.20. The van der Waals surface area contributed by atoms with Crippen LogP contribution in [0.1, 0.15) is 41.6 Å². The maximum absolute atomic E-state index is 12.1. The van der Waals surface area contributed by atoms with Crippen molar-refractivity contribution in [2.24, 2.45) is 0 Å². The summed E-state index contributed by atoms with van der Waals surface area (Å²) < 4.78 is 0. The first kappa shape index (κ1) is 13.1. The highest BCUT2D eigenvalue weighted by atomic mass is 35.5. The number of H-pyrrole nitrogens is 1. The summed E-state index contributed by atoms with van der Waals surface area (Å²) in [7, 11) is 0. The van der Waals surface area contributed by atoms with Crippen LogP contribution in [0.5, 0.6) is 0 Å². The monoisotopic (exact) mass is 283 g/mol. The Kier molecular flexibility index (Phi) is 3.68. The van der Waals surface area contributed by atoms with Crippen molar-refractivity contribution in [1.82, 2.24) is 15.0 Å². The van der Waals surface area contributed by atoms with Gasteiger partial charge in [-0.05, 0) is 18.1 Å². The zero-order valence-electron chi connectivity index (χ0n) is 9.87. The highest BCUT2D eigenvalue weighted by Crippen LogP contribution is 2.18. The van der Waals surface area contributed by atoms with E-state index < -0.39 is 0 Å². The first-order valence-electron chi connectivity index (χ1n) is 5.40. The van der Waals surface area contributed by atoms with E-state index in [1.165, 1.54) is 12.1 Å². The van der Waals surface area contributed by atoms with Gasteiger partial charge in [-0.25, -0.2) is 9.97 Å². The van der Waals surface area contributed by atoms with E-state index in [0.717, 1.165) is 5.69 Å². The third kappa shape index (κ3) is 2.71. The van der Waals surface area contributed by atoms with Crippen molar-refractivity contribution < 1.29 is 4.79 Å². The molecule has 0 aliphatic heterocycles. The number of pyridine rings is 1. The molecule has 2 heterocycles. The number of hydrogen-bond donors (Lipinski definition) is 1. The maximum atomic E-state index is 12.1. The minimum absolute atomic E-state index is 0.182. The SMILES string of the molecule is CC(C)c1c[nH]c(C(=O)c2cc(Cl)nc(Cl)c2)n1. The van der Waals surface area contributed by atoms with E-state index in [2.05, 4.69) is 15.0 Å². The molecule has 2 rings (SSSR count). The molecule has 0 aliphatic rings. The molecule has 0 unspecified atom stereocenters. The van der Waals surface area contributed by atoms with Crippen molar-refractivity contribution in [3.63, 3.8) is 0 Å². The predicted octanol–water partition coefficient (Wildman–Crippen LogP) is 3.47. The minimum atomic E-state index is -0.256. The molecule has 4 nitrogen and oxygen atoms in total. The number of aromatic amines is 1. The van der Waals surface area contributed by atoms with Crippen LogP contribution >= 0.6 is 23.2 Å². The molecule has 0 aliphatic carbocycles. The lowest BCUT2D eigenvalue weighted by Gasteiger charge is -2.00. The molecule has 0 amide bonds. The topological polar surface area (TPSA) is 58.6 Å². The Labute approximate surface area is 114 Å². The highest BCUT2D eigenvalue weighted by molar-refractivity contribution is 6.33. The van der Waals surface area contributed by atoms with E-state index in [1.54, 1.807) is 6.20 Å². The molecule has 94 valence electrons. The van der Waals surface area contributed by atoms with Gasteiger partial charge in [0.1, 0.15) is 10.3 Å². The Balaban J connectivity index is 2.35.